The van der Waals surface area contributed by atoms with Crippen LogP contribution >= 0.6 is 12.2 Å². The highest BCUT2D eigenvalue weighted by atomic mass is 32.1. The number of hydrogen-bond donors (Lipinski definition) is 2. The first kappa shape index (κ1) is 24.4. The molecule has 2 N–H and O–H groups in total. The highest BCUT2D eigenvalue weighted by Crippen LogP contribution is 2.32. The molecule has 0 radical (unpaired) electrons. The van der Waals surface area contributed by atoms with Gasteiger partial charge >= 0.3 is 5.97 Å². The van der Waals surface area contributed by atoms with Crippen LogP contribution in [0.3, 0.4) is 0 Å². The molecule has 0 aliphatic carbocycles. The molecular formula is C25H29N3O4S. The SMILES string of the molecule is CCc1ccc(C(=O)Nc2cccc([C@@H]3NC(=S)N(C)C(C)=C3C(=O)OCCOC)c2)cc1. The van der Waals surface area contributed by atoms with E-state index >= 15 is 0 Å². The quantitative estimate of drug-likeness (QED) is 0.347. The van der Waals surface area contributed by atoms with Crippen LogP contribution in [0.25, 0.3) is 0 Å². The number of aryl methyl sites for hydroxylation is 1. The van der Waals surface area contributed by atoms with Crippen molar-refractivity contribution in [3.05, 3.63) is 76.5 Å². The number of amides is 1. The molecule has 2 aromatic rings. The van der Waals surface area contributed by atoms with Crippen LogP contribution in [0.1, 0.15) is 41.4 Å². The van der Waals surface area contributed by atoms with Crippen LogP contribution in [-0.2, 0) is 20.7 Å². The lowest BCUT2D eigenvalue weighted by Crippen LogP contribution is -2.46. The van der Waals surface area contributed by atoms with Gasteiger partial charge in [0.1, 0.15) is 6.61 Å². The number of benzene rings is 2. The summed E-state index contributed by atoms with van der Waals surface area (Å²) in [6, 6.07) is 14.4. The second-order valence-corrected chi connectivity index (χ2v) is 8.09. The van der Waals surface area contributed by atoms with Crippen molar-refractivity contribution in [2.24, 2.45) is 0 Å². The van der Waals surface area contributed by atoms with Crippen molar-refractivity contribution in [3.8, 4) is 0 Å². The fourth-order valence-corrected chi connectivity index (χ4v) is 3.79. The molecule has 0 spiro atoms. The van der Waals surface area contributed by atoms with Gasteiger partial charge in [-0.2, -0.15) is 0 Å². The maximum atomic E-state index is 12.9. The third kappa shape index (κ3) is 5.77. The molecule has 1 amide bonds. The van der Waals surface area contributed by atoms with Gasteiger partial charge in [0.25, 0.3) is 5.91 Å². The fraction of sp³-hybridized carbons (Fsp3) is 0.320. The van der Waals surface area contributed by atoms with Gasteiger partial charge in [0.05, 0.1) is 18.2 Å². The minimum absolute atomic E-state index is 0.153. The molecule has 1 heterocycles. The van der Waals surface area contributed by atoms with Crippen LogP contribution in [0.15, 0.2) is 59.8 Å². The monoisotopic (exact) mass is 467 g/mol. The lowest BCUT2D eigenvalue weighted by Gasteiger charge is -2.35. The van der Waals surface area contributed by atoms with Crippen molar-refractivity contribution in [1.29, 1.82) is 0 Å². The predicted molar refractivity (Wildman–Crippen MR) is 132 cm³/mol. The molecule has 2 aromatic carbocycles. The van der Waals surface area contributed by atoms with Crippen molar-refractivity contribution in [2.45, 2.75) is 26.3 Å². The molecule has 1 aliphatic rings. The second kappa shape index (κ2) is 11.1. The first-order valence-corrected chi connectivity index (χ1v) is 11.2. The molecular weight excluding hydrogens is 438 g/mol. The topological polar surface area (TPSA) is 79.9 Å². The summed E-state index contributed by atoms with van der Waals surface area (Å²) in [4.78, 5) is 27.4. The van der Waals surface area contributed by atoms with Gasteiger partial charge in [-0.25, -0.2) is 4.79 Å². The molecule has 1 atom stereocenters. The van der Waals surface area contributed by atoms with Gasteiger partial charge in [-0.15, -0.1) is 0 Å². The van der Waals surface area contributed by atoms with Gasteiger partial charge in [-0.3, -0.25) is 4.79 Å². The van der Waals surface area contributed by atoms with E-state index in [2.05, 4.69) is 17.6 Å². The number of esters is 1. The van der Waals surface area contributed by atoms with E-state index in [1.54, 1.807) is 19.1 Å². The number of nitrogens with one attached hydrogen (secondary N) is 2. The predicted octanol–water partition coefficient (Wildman–Crippen LogP) is 3.83. The highest BCUT2D eigenvalue weighted by Gasteiger charge is 2.33. The Morgan fingerprint density at radius 3 is 2.55 bits per heavy atom. The van der Waals surface area contributed by atoms with Crippen molar-refractivity contribution < 1.29 is 19.1 Å². The Hall–Kier alpha value is -3.23. The zero-order valence-electron chi connectivity index (χ0n) is 19.3. The van der Waals surface area contributed by atoms with Gasteiger partial charge in [-0.1, -0.05) is 31.2 Å². The lowest BCUT2D eigenvalue weighted by atomic mass is 9.94. The Balaban J connectivity index is 1.86. The minimum atomic E-state index is -0.510. The van der Waals surface area contributed by atoms with E-state index in [1.807, 2.05) is 55.5 Å². The summed E-state index contributed by atoms with van der Waals surface area (Å²) in [5.74, 6) is -0.644. The number of anilines is 1. The van der Waals surface area contributed by atoms with Crippen LogP contribution in [0.2, 0.25) is 0 Å². The van der Waals surface area contributed by atoms with E-state index < -0.39 is 12.0 Å². The summed E-state index contributed by atoms with van der Waals surface area (Å²) in [6.07, 6.45) is 0.915. The number of nitrogens with zero attached hydrogens (tertiary/aromatic N) is 1. The summed E-state index contributed by atoms with van der Waals surface area (Å²) in [5.41, 5.74) is 4.31. The van der Waals surface area contributed by atoms with Crippen molar-refractivity contribution in [1.82, 2.24) is 10.2 Å². The molecule has 7 nitrogen and oxygen atoms in total. The van der Waals surface area contributed by atoms with E-state index in [-0.39, 0.29) is 12.5 Å². The highest BCUT2D eigenvalue weighted by molar-refractivity contribution is 7.80. The average Bonchev–Trinajstić information content (AvgIpc) is 2.82. The molecule has 33 heavy (non-hydrogen) atoms. The number of ether oxygens (including phenoxy) is 2. The van der Waals surface area contributed by atoms with E-state index in [1.165, 1.54) is 5.56 Å². The van der Waals surface area contributed by atoms with Crippen LogP contribution in [0.5, 0.6) is 0 Å². The molecule has 0 bridgehead atoms. The Morgan fingerprint density at radius 2 is 1.88 bits per heavy atom. The molecule has 3 rings (SSSR count). The normalized spacial score (nSPS) is 15.8. The van der Waals surface area contributed by atoms with E-state index in [0.29, 0.717) is 34.2 Å². The zero-order chi connectivity index (χ0) is 24.0. The molecule has 8 heteroatoms. The molecule has 1 aliphatic heterocycles. The summed E-state index contributed by atoms with van der Waals surface area (Å²) in [7, 11) is 3.34. The fourth-order valence-electron chi connectivity index (χ4n) is 3.54. The maximum absolute atomic E-state index is 12.9. The first-order valence-electron chi connectivity index (χ1n) is 10.8. The molecule has 174 valence electrons. The van der Waals surface area contributed by atoms with Crippen LogP contribution in [0.4, 0.5) is 5.69 Å². The number of methoxy groups -OCH3 is 1. The van der Waals surface area contributed by atoms with Gasteiger partial charge in [-0.05, 0) is 61.0 Å². The lowest BCUT2D eigenvalue weighted by molar-refractivity contribution is -0.140. The van der Waals surface area contributed by atoms with Crippen molar-refractivity contribution >= 4 is 34.9 Å². The molecule has 0 unspecified atom stereocenters. The molecule has 0 saturated heterocycles. The number of carbonyl (C=O) groups is 2. The molecule has 0 aromatic heterocycles. The van der Waals surface area contributed by atoms with E-state index in [0.717, 1.165) is 12.0 Å². The largest absolute Gasteiger partial charge is 0.460 e. The summed E-state index contributed by atoms with van der Waals surface area (Å²) >= 11 is 5.45. The Labute approximate surface area is 199 Å². The van der Waals surface area contributed by atoms with Gasteiger partial charge in [0.2, 0.25) is 0 Å². The number of thiocarbonyl (C=S) groups is 1. The number of carbonyl (C=O) groups excluding carboxylic acids is 2. The Bertz CT molecular complexity index is 1070. The van der Waals surface area contributed by atoms with E-state index in [4.69, 9.17) is 21.7 Å². The number of rotatable bonds is 8. The average molecular weight is 468 g/mol. The van der Waals surface area contributed by atoms with Gasteiger partial charge < -0.3 is 25.0 Å². The smallest absolute Gasteiger partial charge is 0.338 e. The second-order valence-electron chi connectivity index (χ2n) is 7.70. The minimum Gasteiger partial charge on any atom is -0.460 e. The van der Waals surface area contributed by atoms with Gasteiger partial charge in [0, 0.05) is 31.1 Å². The van der Waals surface area contributed by atoms with E-state index in [9.17, 15) is 9.59 Å². The summed E-state index contributed by atoms with van der Waals surface area (Å²) in [5, 5.41) is 6.64. The zero-order valence-corrected chi connectivity index (χ0v) is 20.1. The van der Waals surface area contributed by atoms with Crippen molar-refractivity contribution in [3.63, 3.8) is 0 Å². The van der Waals surface area contributed by atoms with Crippen LogP contribution in [0, 0.1) is 0 Å². The molecule has 0 saturated carbocycles. The van der Waals surface area contributed by atoms with Crippen LogP contribution in [-0.4, -0.2) is 49.3 Å². The summed E-state index contributed by atoms with van der Waals surface area (Å²) < 4.78 is 10.4. The maximum Gasteiger partial charge on any atom is 0.338 e. The first-order chi connectivity index (χ1) is 15.8. The standard InChI is InChI=1S/C25H29N3O4S/c1-5-17-9-11-18(12-10-17)23(29)26-20-8-6-7-19(15-20)22-21(24(30)32-14-13-31-4)16(2)28(3)25(33)27-22/h6-12,15,22H,5,13-14H2,1-4H3,(H,26,29)(H,27,33)/t22-/m0/s1. The molecule has 0 fully saturated rings. The Morgan fingerprint density at radius 1 is 1.15 bits per heavy atom. The van der Waals surface area contributed by atoms with Crippen molar-refractivity contribution in [2.75, 3.05) is 32.7 Å². The third-order valence-electron chi connectivity index (χ3n) is 5.60. The third-order valence-corrected chi connectivity index (χ3v) is 5.99. The number of hydrogen-bond acceptors (Lipinski definition) is 5. The summed E-state index contributed by atoms with van der Waals surface area (Å²) in [6.45, 7) is 4.37. The Kier molecular flexibility index (Phi) is 8.19. The van der Waals surface area contributed by atoms with Crippen LogP contribution < -0.4 is 10.6 Å². The number of allylic oxidation sites excluding steroid dienone is 1. The van der Waals surface area contributed by atoms with Gasteiger partial charge in [0.15, 0.2) is 5.11 Å².